The third-order valence-corrected chi connectivity index (χ3v) is 5.36. The summed E-state index contributed by atoms with van der Waals surface area (Å²) in [5.41, 5.74) is 7.29. The monoisotopic (exact) mass is 372 g/mol. The Hall–Kier alpha value is -2.32. The number of ether oxygens (including phenoxy) is 2. The van der Waals surface area contributed by atoms with Crippen molar-refractivity contribution in [3.05, 3.63) is 64.4 Å². The number of thiazole rings is 1. The van der Waals surface area contributed by atoms with Crippen molar-refractivity contribution in [1.82, 2.24) is 4.98 Å². The molecule has 1 aromatic carbocycles. The maximum Gasteiger partial charge on any atom is 0.169 e. The molecule has 1 aliphatic carbocycles. The molecule has 0 fully saturated rings. The third-order valence-electron chi connectivity index (χ3n) is 4.56. The highest BCUT2D eigenvalue weighted by Gasteiger charge is 2.45. The van der Waals surface area contributed by atoms with Gasteiger partial charge in [0.1, 0.15) is 17.1 Å². The highest BCUT2D eigenvalue weighted by molar-refractivity contribution is 7.13. The molecule has 3 N–H and O–H groups in total. The van der Waals surface area contributed by atoms with Gasteiger partial charge in [0.25, 0.3) is 0 Å². The maximum absolute atomic E-state index is 11.6. The van der Waals surface area contributed by atoms with E-state index in [1.165, 1.54) is 25.6 Å². The first-order valence-electron chi connectivity index (χ1n) is 7.99. The van der Waals surface area contributed by atoms with Crippen LogP contribution in [-0.2, 0) is 19.9 Å². The summed E-state index contributed by atoms with van der Waals surface area (Å²) in [5, 5.41) is 12.6. The number of rotatable bonds is 6. The number of carbonyl (C=O) groups excluding carboxylic acids is 1. The fraction of sp³-hybridized carbons (Fsp3) is 0.263. The summed E-state index contributed by atoms with van der Waals surface area (Å²) in [5.74, 6) is 0.379. The van der Waals surface area contributed by atoms with Gasteiger partial charge in [0.2, 0.25) is 0 Å². The molecular weight excluding hydrogens is 352 g/mol. The molecule has 1 heterocycles. The summed E-state index contributed by atoms with van der Waals surface area (Å²) in [7, 11) is 3.03. The number of benzene rings is 1. The van der Waals surface area contributed by atoms with Crippen molar-refractivity contribution >= 4 is 17.6 Å². The lowest BCUT2D eigenvalue weighted by Gasteiger charge is -2.39. The predicted octanol–water partition coefficient (Wildman–Crippen LogP) is 2.01. The first kappa shape index (κ1) is 18.5. The Morgan fingerprint density at radius 1 is 1.38 bits per heavy atom. The molecule has 0 aliphatic heterocycles. The standard InChI is InChI=1S/C19H20N2O4S/c1-24-17-14(11-23)16(20)12(10-22)9-19(17,25-2)15-6-4-3-5-13(15)18-21-7-8-26-18/h3-10,16,23H,11,20H2,1-2H3. The number of hydrogen-bond acceptors (Lipinski definition) is 7. The predicted molar refractivity (Wildman–Crippen MR) is 99.5 cm³/mol. The van der Waals surface area contributed by atoms with Crippen LogP contribution in [0.3, 0.4) is 0 Å². The quantitative estimate of drug-likeness (QED) is 0.754. The normalized spacial score (nSPS) is 22.9. The van der Waals surface area contributed by atoms with Gasteiger partial charge in [-0.05, 0) is 6.08 Å². The van der Waals surface area contributed by atoms with E-state index in [-0.39, 0.29) is 6.61 Å². The van der Waals surface area contributed by atoms with E-state index < -0.39 is 11.6 Å². The lowest BCUT2D eigenvalue weighted by molar-refractivity contribution is -0.105. The summed E-state index contributed by atoms with van der Waals surface area (Å²) in [6.07, 6.45) is 4.08. The van der Waals surface area contributed by atoms with E-state index in [1.54, 1.807) is 12.3 Å². The summed E-state index contributed by atoms with van der Waals surface area (Å²) in [4.78, 5) is 16.0. The number of aliphatic hydroxyl groups excluding tert-OH is 1. The van der Waals surface area contributed by atoms with Crippen molar-refractivity contribution in [2.45, 2.75) is 11.6 Å². The summed E-state index contributed by atoms with van der Waals surface area (Å²) < 4.78 is 11.5. The Labute approximate surface area is 155 Å². The van der Waals surface area contributed by atoms with Crippen molar-refractivity contribution in [2.75, 3.05) is 20.8 Å². The Morgan fingerprint density at radius 3 is 2.73 bits per heavy atom. The van der Waals surface area contributed by atoms with Gasteiger partial charge in [0.15, 0.2) is 5.60 Å². The minimum atomic E-state index is -1.19. The molecule has 0 radical (unpaired) electrons. The van der Waals surface area contributed by atoms with E-state index in [9.17, 15) is 9.90 Å². The first-order chi connectivity index (χ1) is 12.6. The summed E-state index contributed by atoms with van der Waals surface area (Å²) in [6.45, 7) is -0.347. The Morgan fingerprint density at radius 2 is 2.15 bits per heavy atom. The zero-order valence-corrected chi connectivity index (χ0v) is 15.3. The first-order valence-corrected chi connectivity index (χ1v) is 8.87. The molecule has 6 nitrogen and oxygen atoms in total. The number of nitrogens with two attached hydrogens (primary N) is 1. The van der Waals surface area contributed by atoms with Crippen molar-refractivity contribution in [3.63, 3.8) is 0 Å². The molecule has 0 spiro atoms. The lowest BCUT2D eigenvalue weighted by Crippen LogP contribution is -2.42. The number of aliphatic hydroxyl groups is 1. The van der Waals surface area contributed by atoms with Crippen LogP contribution in [0.1, 0.15) is 5.56 Å². The highest BCUT2D eigenvalue weighted by atomic mass is 32.1. The van der Waals surface area contributed by atoms with Gasteiger partial charge in [-0.15, -0.1) is 11.3 Å². The van der Waals surface area contributed by atoms with Crippen LogP contribution in [0.15, 0.2) is 58.8 Å². The molecule has 136 valence electrons. The number of nitrogens with zero attached hydrogens (tertiary/aromatic N) is 1. The van der Waals surface area contributed by atoms with Crippen LogP contribution in [0.5, 0.6) is 0 Å². The molecule has 1 aromatic heterocycles. The van der Waals surface area contributed by atoms with Crippen LogP contribution in [0, 0.1) is 0 Å². The van der Waals surface area contributed by atoms with E-state index >= 15 is 0 Å². The average Bonchev–Trinajstić information content (AvgIpc) is 3.22. The van der Waals surface area contributed by atoms with Gasteiger partial charge in [0, 0.05) is 41.0 Å². The molecule has 26 heavy (non-hydrogen) atoms. The van der Waals surface area contributed by atoms with Crippen LogP contribution in [-0.4, -0.2) is 43.2 Å². The molecule has 2 aromatic rings. The second-order valence-electron chi connectivity index (χ2n) is 5.78. The van der Waals surface area contributed by atoms with Crippen LogP contribution in [0.4, 0.5) is 0 Å². The molecule has 2 unspecified atom stereocenters. The Bertz CT molecular complexity index is 860. The molecule has 7 heteroatoms. The maximum atomic E-state index is 11.6. The van der Waals surface area contributed by atoms with E-state index in [4.69, 9.17) is 15.2 Å². The second-order valence-corrected chi connectivity index (χ2v) is 6.67. The second kappa shape index (κ2) is 7.51. The summed E-state index contributed by atoms with van der Waals surface area (Å²) >= 11 is 1.50. The number of aldehydes is 1. The van der Waals surface area contributed by atoms with Crippen LogP contribution in [0.2, 0.25) is 0 Å². The van der Waals surface area contributed by atoms with Gasteiger partial charge in [-0.1, -0.05) is 24.3 Å². The summed E-state index contributed by atoms with van der Waals surface area (Å²) in [6, 6.07) is 6.87. The molecule has 0 saturated carbocycles. The fourth-order valence-corrected chi connectivity index (χ4v) is 4.02. The Balaban J connectivity index is 2.34. The SMILES string of the molecule is COC1=C(CO)C(N)C(C=O)=CC1(OC)c1ccccc1-c1nccs1. The van der Waals surface area contributed by atoms with Crippen molar-refractivity contribution in [2.24, 2.45) is 5.73 Å². The van der Waals surface area contributed by atoms with E-state index in [1.807, 2.05) is 29.6 Å². The van der Waals surface area contributed by atoms with Gasteiger partial charge in [-0.3, -0.25) is 4.79 Å². The molecule has 0 amide bonds. The molecule has 0 saturated heterocycles. The zero-order valence-electron chi connectivity index (χ0n) is 14.5. The van der Waals surface area contributed by atoms with Crippen LogP contribution in [0.25, 0.3) is 10.6 Å². The van der Waals surface area contributed by atoms with Gasteiger partial charge in [-0.2, -0.15) is 0 Å². The molecule has 1 aliphatic rings. The smallest absolute Gasteiger partial charge is 0.169 e. The Kier molecular flexibility index (Phi) is 5.33. The van der Waals surface area contributed by atoms with Gasteiger partial charge < -0.3 is 20.3 Å². The van der Waals surface area contributed by atoms with Gasteiger partial charge in [-0.25, -0.2) is 4.98 Å². The number of methoxy groups -OCH3 is 2. The van der Waals surface area contributed by atoms with E-state index in [0.717, 1.165) is 16.1 Å². The van der Waals surface area contributed by atoms with Crippen molar-refractivity contribution in [3.8, 4) is 10.6 Å². The van der Waals surface area contributed by atoms with Crippen molar-refractivity contribution < 1.29 is 19.4 Å². The van der Waals surface area contributed by atoms with Crippen LogP contribution >= 0.6 is 11.3 Å². The van der Waals surface area contributed by atoms with Crippen LogP contribution < -0.4 is 5.73 Å². The molecule has 2 atom stereocenters. The number of carbonyl (C=O) groups is 1. The van der Waals surface area contributed by atoms with Crippen molar-refractivity contribution in [1.29, 1.82) is 0 Å². The third kappa shape index (κ3) is 2.79. The minimum absolute atomic E-state index is 0.325. The topological polar surface area (TPSA) is 94.7 Å². The molecule has 3 rings (SSSR count). The number of hydrogen-bond donors (Lipinski definition) is 2. The van der Waals surface area contributed by atoms with Gasteiger partial charge >= 0.3 is 0 Å². The lowest BCUT2D eigenvalue weighted by atomic mass is 9.77. The fourth-order valence-electron chi connectivity index (χ4n) is 3.34. The highest BCUT2D eigenvalue weighted by Crippen LogP contribution is 2.45. The minimum Gasteiger partial charge on any atom is -0.497 e. The molecule has 0 bridgehead atoms. The number of aromatic nitrogens is 1. The zero-order chi connectivity index (χ0) is 18.7. The largest absolute Gasteiger partial charge is 0.497 e. The van der Waals surface area contributed by atoms with Gasteiger partial charge in [0.05, 0.1) is 19.8 Å². The van der Waals surface area contributed by atoms with E-state index in [2.05, 4.69) is 4.98 Å². The van der Waals surface area contributed by atoms with E-state index in [0.29, 0.717) is 23.2 Å². The molecular formula is C19H20N2O4S. The average molecular weight is 372 g/mol.